The van der Waals surface area contributed by atoms with E-state index in [2.05, 4.69) is 0 Å². The molecule has 0 radical (unpaired) electrons. The molecule has 6 heteroatoms. The van der Waals surface area contributed by atoms with Crippen molar-refractivity contribution in [2.45, 2.75) is 63.8 Å². The number of ether oxygens (including phenoxy) is 2. The first kappa shape index (κ1) is 15.1. The van der Waals surface area contributed by atoms with Gasteiger partial charge >= 0.3 is 12.1 Å². The molecule has 0 unspecified atom stereocenters. The van der Waals surface area contributed by atoms with Crippen LogP contribution in [-0.4, -0.2) is 52.5 Å². The van der Waals surface area contributed by atoms with E-state index < -0.39 is 23.3 Å². The molecule has 20 heavy (non-hydrogen) atoms. The summed E-state index contributed by atoms with van der Waals surface area (Å²) in [4.78, 5) is 24.4. The Hall–Kier alpha value is -1.30. The highest BCUT2D eigenvalue weighted by atomic mass is 16.6. The average Bonchev–Trinajstić information content (AvgIpc) is 2.14. The van der Waals surface area contributed by atoms with E-state index in [0.717, 1.165) is 19.3 Å². The minimum absolute atomic E-state index is 0.0667. The van der Waals surface area contributed by atoms with Gasteiger partial charge in [-0.2, -0.15) is 0 Å². The summed E-state index contributed by atoms with van der Waals surface area (Å²) in [5.41, 5.74) is -1.27. The molecule has 2 rings (SSSR count). The summed E-state index contributed by atoms with van der Waals surface area (Å²) in [7, 11) is 0. The Morgan fingerprint density at radius 3 is 2.30 bits per heavy atom. The minimum Gasteiger partial charge on any atom is -0.481 e. The van der Waals surface area contributed by atoms with Crippen molar-refractivity contribution in [3.63, 3.8) is 0 Å². The standard InChI is InChI=1S/C14H23NO5/c1-13(2,3)20-12(18)15-8-14(9-15,7-11(16)17)19-10-5-4-6-10/h10H,4-9H2,1-3H3,(H,16,17). The Balaban J connectivity index is 1.90. The summed E-state index contributed by atoms with van der Waals surface area (Å²) >= 11 is 0. The van der Waals surface area contributed by atoms with Crippen LogP contribution in [0.25, 0.3) is 0 Å². The lowest BCUT2D eigenvalue weighted by atomic mass is 9.88. The van der Waals surface area contributed by atoms with Crippen LogP contribution in [0.1, 0.15) is 46.5 Å². The number of carboxylic acids is 1. The molecule has 1 N–H and O–H groups in total. The van der Waals surface area contributed by atoms with Crippen LogP contribution in [0.15, 0.2) is 0 Å². The van der Waals surface area contributed by atoms with Gasteiger partial charge in [-0.1, -0.05) is 0 Å². The molecule has 2 fully saturated rings. The lowest BCUT2D eigenvalue weighted by Crippen LogP contribution is -2.67. The van der Waals surface area contributed by atoms with Crippen molar-refractivity contribution in [2.24, 2.45) is 0 Å². The van der Waals surface area contributed by atoms with Crippen LogP contribution < -0.4 is 0 Å². The maximum Gasteiger partial charge on any atom is 0.410 e. The quantitative estimate of drug-likeness (QED) is 0.855. The largest absolute Gasteiger partial charge is 0.481 e. The zero-order valence-electron chi connectivity index (χ0n) is 12.3. The smallest absolute Gasteiger partial charge is 0.410 e. The molecule has 1 aliphatic carbocycles. The number of carbonyl (C=O) groups excluding carboxylic acids is 1. The maximum atomic E-state index is 11.9. The molecule has 0 bridgehead atoms. The van der Waals surface area contributed by atoms with Gasteiger partial charge < -0.3 is 19.5 Å². The summed E-state index contributed by atoms with van der Waals surface area (Å²) in [5, 5.41) is 9.01. The van der Waals surface area contributed by atoms with E-state index >= 15 is 0 Å². The second-order valence-corrected chi connectivity index (χ2v) is 6.76. The summed E-state index contributed by atoms with van der Waals surface area (Å²) in [6.07, 6.45) is 2.76. The van der Waals surface area contributed by atoms with Gasteiger partial charge in [-0.3, -0.25) is 4.79 Å². The minimum atomic E-state index is -0.895. The molecule has 1 saturated heterocycles. The number of aliphatic carboxylic acids is 1. The Morgan fingerprint density at radius 1 is 1.30 bits per heavy atom. The summed E-state index contributed by atoms with van der Waals surface area (Å²) < 4.78 is 11.2. The van der Waals surface area contributed by atoms with Gasteiger partial charge in [0.2, 0.25) is 0 Å². The van der Waals surface area contributed by atoms with Gasteiger partial charge in [0.1, 0.15) is 11.2 Å². The van der Waals surface area contributed by atoms with E-state index in [1.54, 1.807) is 20.8 Å². The van der Waals surface area contributed by atoms with Crippen LogP contribution in [0.5, 0.6) is 0 Å². The summed E-state index contributed by atoms with van der Waals surface area (Å²) in [6.45, 7) is 6.01. The molecular weight excluding hydrogens is 262 g/mol. The number of rotatable bonds is 4. The predicted molar refractivity (Wildman–Crippen MR) is 71.5 cm³/mol. The second-order valence-electron chi connectivity index (χ2n) is 6.76. The number of hydrogen-bond acceptors (Lipinski definition) is 4. The van der Waals surface area contributed by atoms with Crippen molar-refractivity contribution in [1.29, 1.82) is 0 Å². The number of likely N-dealkylation sites (tertiary alicyclic amines) is 1. The molecule has 1 aliphatic heterocycles. The van der Waals surface area contributed by atoms with Crippen LogP contribution >= 0.6 is 0 Å². The van der Waals surface area contributed by atoms with Crippen molar-refractivity contribution in [2.75, 3.05) is 13.1 Å². The van der Waals surface area contributed by atoms with Crippen molar-refractivity contribution in [3.8, 4) is 0 Å². The third kappa shape index (κ3) is 3.62. The van der Waals surface area contributed by atoms with Gasteiger partial charge in [-0.05, 0) is 40.0 Å². The molecule has 6 nitrogen and oxygen atoms in total. The molecule has 2 aliphatic rings. The highest BCUT2D eigenvalue weighted by molar-refractivity contribution is 5.72. The maximum absolute atomic E-state index is 11.9. The Kier molecular flexibility index (Phi) is 3.95. The zero-order chi connectivity index (χ0) is 15.0. The number of amides is 1. The highest BCUT2D eigenvalue weighted by Crippen LogP contribution is 2.36. The molecule has 0 atom stereocenters. The van der Waals surface area contributed by atoms with Crippen molar-refractivity contribution in [1.82, 2.24) is 4.90 Å². The average molecular weight is 285 g/mol. The number of hydrogen-bond donors (Lipinski definition) is 1. The fraction of sp³-hybridized carbons (Fsp3) is 0.857. The van der Waals surface area contributed by atoms with Crippen molar-refractivity contribution < 1.29 is 24.2 Å². The van der Waals surface area contributed by atoms with E-state index in [1.807, 2.05) is 0 Å². The Morgan fingerprint density at radius 2 is 1.90 bits per heavy atom. The van der Waals surface area contributed by atoms with Gasteiger partial charge in [-0.15, -0.1) is 0 Å². The van der Waals surface area contributed by atoms with Gasteiger partial charge in [-0.25, -0.2) is 4.79 Å². The normalized spacial score (nSPS) is 21.9. The second kappa shape index (κ2) is 5.24. The van der Waals surface area contributed by atoms with Crippen LogP contribution in [0.2, 0.25) is 0 Å². The van der Waals surface area contributed by atoms with E-state index in [-0.39, 0.29) is 12.5 Å². The summed E-state index contributed by atoms with van der Waals surface area (Å²) in [5.74, 6) is -0.895. The lowest BCUT2D eigenvalue weighted by Gasteiger charge is -2.51. The topological polar surface area (TPSA) is 76.1 Å². The Labute approximate surface area is 119 Å². The first-order valence-corrected chi connectivity index (χ1v) is 7.07. The SMILES string of the molecule is CC(C)(C)OC(=O)N1CC(CC(=O)O)(OC2CCC2)C1. The third-order valence-electron chi connectivity index (χ3n) is 3.55. The molecule has 0 spiro atoms. The van der Waals surface area contributed by atoms with Crippen LogP contribution in [0.4, 0.5) is 4.79 Å². The molecule has 114 valence electrons. The molecule has 1 amide bonds. The van der Waals surface area contributed by atoms with Crippen LogP contribution in [0.3, 0.4) is 0 Å². The molecule has 0 aromatic carbocycles. The first-order chi connectivity index (χ1) is 9.19. The zero-order valence-corrected chi connectivity index (χ0v) is 12.3. The number of nitrogens with zero attached hydrogens (tertiary/aromatic N) is 1. The van der Waals surface area contributed by atoms with Crippen LogP contribution in [0, 0.1) is 0 Å². The van der Waals surface area contributed by atoms with Gasteiger partial charge in [0.25, 0.3) is 0 Å². The first-order valence-electron chi connectivity index (χ1n) is 7.07. The fourth-order valence-corrected chi connectivity index (χ4v) is 2.45. The molecular formula is C14H23NO5. The molecule has 0 aromatic rings. The van der Waals surface area contributed by atoms with E-state index in [9.17, 15) is 9.59 Å². The van der Waals surface area contributed by atoms with Crippen molar-refractivity contribution >= 4 is 12.1 Å². The molecule has 1 heterocycles. The molecule has 1 saturated carbocycles. The predicted octanol–water partition coefficient (Wildman–Crippen LogP) is 2.02. The van der Waals surface area contributed by atoms with Gasteiger partial charge in [0.05, 0.1) is 25.6 Å². The lowest BCUT2D eigenvalue weighted by molar-refractivity contribution is -0.195. The third-order valence-corrected chi connectivity index (χ3v) is 3.55. The summed E-state index contributed by atoms with van der Waals surface area (Å²) in [6, 6.07) is 0. The van der Waals surface area contributed by atoms with Crippen molar-refractivity contribution in [3.05, 3.63) is 0 Å². The Bertz CT molecular complexity index is 391. The van der Waals surface area contributed by atoms with Crippen LogP contribution in [-0.2, 0) is 14.3 Å². The fourth-order valence-electron chi connectivity index (χ4n) is 2.45. The molecule has 0 aromatic heterocycles. The number of carbonyl (C=O) groups is 2. The van der Waals surface area contributed by atoms with E-state index in [0.29, 0.717) is 13.1 Å². The van der Waals surface area contributed by atoms with Gasteiger partial charge in [0.15, 0.2) is 0 Å². The van der Waals surface area contributed by atoms with E-state index in [1.165, 1.54) is 4.90 Å². The van der Waals surface area contributed by atoms with E-state index in [4.69, 9.17) is 14.6 Å². The monoisotopic (exact) mass is 285 g/mol. The van der Waals surface area contributed by atoms with Gasteiger partial charge in [0, 0.05) is 0 Å². The highest BCUT2D eigenvalue weighted by Gasteiger charge is 2.50. The number of carboxylic acid groups (broad SMARTS) is 1.